The average Bonchev–Trinajstić information content (AvgIpc) is 2.85. The predicted molar refractivity (Wildman–Crippen MR) is 49.0 cm³/mol. The Hall–Kier alpha value is -1.30. The van der Waals surface area contributed by atoms with E-state index in [0.29, 0.717) is 18.4 Å². The van der Waals surface area contributed by atoms with E-state index in [1.54, 1.807) is 0 Å². The molecule has 0 N–H and O–H groups in total. The average molecular weight is 175 g/mol. The van der Waals surface area contributed by atoms with Crippen LogP contribution in [0.1, 0.15) is 31.0 Å². The van der Waals surface area contributed by atoms with E-state index in [9.17, 15) is 0 Å². The van der Waals surface area contributed by atoms with Gasteiger partial charge in [0.1, 0.15) is 0 Å². The fraction of sp³-hybridized carbons (Fsp3) is 0.600. The molecule has 1 aromatic rings. The quantitative estimate of drug-likeness (QED) is 0.705. The highest BCUT2D eigenvalue weighted by molar-refractivity contribution is 4.99. The van der Waals surface area contributed by atoms with Gasteiger partial charge in [-0.05, 0) is 31.7 Å². The highest BCUT2D eigenvalue weighted by Crippen LogP contribution is 2.40. The summed E-state index contributed by atoms with van der Waals surface area (Å²) in [5.41, 5.74) is 1.03. The van der Waals surface area contributed by atoms with E-state index in [4.69, 9.17) is 5.26 Å². The summed E-state index contributed by atoms with van der Waals surface area (Å²) in [6.45, 7) is 1.98. The first-order valence-electron chi connectivity index (χ1n) is 4.70. The third-order valence-electron chi connectivity index (χ3n) is 2.55. The zero-order valence-corrected chi connectivity index (χ0v) is 7.77. The molecule has 0 spiro atoms. The van der Waals surface area contributed by atoms with E-state index in [1.807, 2.05) is 23.9 Å². The molecule has 0 amide bonds. The van der Waals surface area contributed by atoms with Gasteiger partial charge in [-0.25, -0.2) is 0 Å². The van der Waals surface area contributed by atoms with Crippen molar-refractivity contribution in [1.29, 1.82) is 5.26 Å². The molecule has 1 aliphatic carbocycles. The Morgan fingerprint density at radius 2 is 2.54 bits per heavy atom. The first-order chi connectivity index (χ1) is 6.31. The highest BCUT2D eigenvalue weighted by atomic mass is 15.3. The number of nitrogens with zero attached hydrogens (tertiary/aromatic N) is 3. The summed E-state index contributed by atoms with van der Waals surface area (Å²) in [5, 5.41) is 13.0. The predicted octanol–water partition coefficient (Wildman–Crippen LogP) is 2.06. The Balaban J connectivity index is 2.15. The van der Waals surface area contributed by atoms with Crippen LogP contribution in [0.25, 0.3) is 0 Å². The number of hydrogen-bond donors (Lipinski definition) is 0. The van der Waals surface area contributed by atoms with Crippen molar-refractivity contribution in [3.05, 3.63) is 18.0 Å². The molecule has 1 fully saturated rings. The second-order valence-electron chi connectivity index (χ2n) is 3.70. The van der Waals surface area contributed by atoms with Gasteiger partial charge in [0.25, 0.3) is 0 Å². The summed E-state index contributed by atoms with van der Waals surface area (Å²) < 4.78 is 1.95. The van der Waals surface area contributed by atoms with Crippen molar-refractivity contribution in [3.8, 4) is 6.07 Å². The lowest BCUT2D eigenvalue weighted by molar-refractivity contribution is 0.410. The molecule has 2 rings (SSSR count). The molecule has 0 radical (unpaired) electrons. The van der Waals surface area contributed by atoms with E-state index in [-0.39, 0.29) is 0 Å². The SMILES string of the molecule is Cc1ccn(C(CC#N)C2CC2)n1. The molecular formula is C10H13N3. The molecule has 3 heteroatoms. The van der Waals surface area contributed by atoms with Crippen LogP contribution in [0.15, 0.2) is 12.3 Å². The van der Waals surface area contributed by atoms with Crippen molar-refractivity contribution in [2.75, 3.05) is 0 Å². The van der Waals surface area contributed by atoms with Gasteiger partial charge >= 0.3 is 0 Å². The van der Waals surface area contributed by atoms with Crippen molar-refractivity contribution < 1.29 is 0 Å². The van der Waals surface area contributed by atoms with Gasteiger partial charge in [-0.15, -0.1) is 0 Å². The zero-order valence-electron chi connectivity index (χ0n) is 7.77. The Bertz CT molecular complexity index is 330. The molecule has 1 unspecified atom stereocenters. The van der Waals surface area contributed by atoms with Gasteiger partial charge in [-0.1, -0.05) is 0 Å². The number of rotatable bonds is 3. The minimum Gasteiger partial charge on any atom is -0.268 e. The monoisotopic (exact) mass is 175 g/mol. The fourth-order valence-electron chi connectivity index (χ4n) is 1.67. The van der Waals surface area contributed by atoms with Crippen molar-refractivity contribution in [1.82, 2.24) is 9.78 Å². The number of aromatic nitrogens is 2. The molecule has 1 saturated carbocycles. The summed E-state index contributed by atoms with van der Waals surface area (Å²) in [5.74, 6) is 0.693. The largest absolute Gasteiger partial charge is 0.268 e. The van der Waals surface area contributed by atoms with Gasteiger partial charge in [0.15, 0.2) is 0 Å². The van der Waals surface area contributed by atoms with Gasteiger partial charge in [0.05, 0.1) is 24.2 Å². The summed E-state index contributed by atoms with van der Waals surface area (Å²) in [4.78, 5) is 0. The van der Waals surface area contributed by atoms with Crippen LogP contribution in [-0.4, -0.2) is 9.78 Å². The molecule has 1 heterocycles. The molecule has 0 aromatic carbocycles. The maximum absolute atomic E-state index is 8.69. The summed E-state index contributed by atoms with van der Waals surface area (Å²) >= 11 is 0. The zero-order chi connectivity index (χ0) is 9.26. The molecule has 0 saturated heterocycles. The van der Waals surface area contributed by atoms with Gasteiger partial charge < -0.3 is 0 Å². The van der Waals surface area contributed by atoms with Crippen LogP contribution in [0.5, 0.6) is 0 Å². The lowest BCUT2D eigenvalue weighted by atomic mass is 10.1. The molecular weight excluding hydrogens is 162 g/mol. The molecule has 68 valence electrons. The third-order valence-corrected chi connectivity index (χ3v) is 2.55. The van der Waals surface area contributed by atoms with Crippen LogP contribution in [0.3, 0.4) is 0 Å². The van der Waals surface area contributed by atoms with Crippen molar-refractivity contribution >= 4 is 0 Å². The van der Waals surface area contributed by atoms with E-state index in [1.165, 1.54) is 12.8 Å². The summed E-state index contributed by atoms with van der Waals surface area (Å²) in [6.07, 6.45) is 5.08. The van der Waals surface area contributed by atoms with Gasteiger partial charge in [-0.3, -0.25) is 4.68 Å². The molecule has 1 aromatic heterocycles. The van der Waals surface area contributed by atoms with Crippen LogP contribution < -0.4 is 0 Å². The van der Waals surface area contributed by atoms with E-state index < -0.39 is 0 Å². The lowest BCUT2D eigenvalue weighted by Gasteiger charge is -2.12. The first-order valence-corrected chi connectivity index (χ1v) is 4.70. The van der Waals surface area contributed by atoms with Crippen LogP contribution in [0.2, 0.25) is 0 Å². The molecule has 3 nitrogen and oxygen atoms in total. The van der Waals surface area contributed by atoms with Crippen molar-refractivity contribution in [2.45, 2.75) is 32.2 Å². The van der Waals surface area contributed by atoms with E-state index >= 15 is 0 Å². The maximum atomic E-state index is 8.69. The second kappa shape index (κ2) is 3.21. The second-order valence-corrected chi connectivity index (χ2v) is 3.70. The normalized spacial score (nSPS) is 18.2. The molecule has 0 aliphatic heterocycles. The van der Waals surface area contributed by atoms with Crippen LogP contribution in [0.4, 0.5) is 0 Å². The molecule has 1 atom stereocenters. The maximum Gasteiger partial charge on any atom is 0.0677 e. The fourth-order valence-corrected chi connectivity index (χ4v) is 1.67. The van der Waals surface area contributed by atoms with Crippen molar-refractivity contribution in [3.63, 3.8) is 0 Å². The van der Waals surface area contributed by atoms with E-state index in [2.05, 4.69) is 11.2 Å². The number of hydrogen-bond acceptors (Lipinski definition) is 2. The minimum absolute atomic E-state index is 0.318. The van der Waals surface area contributed by atoms with Crippen LogP contribution >= 0.6 is 0 Å². The molecule has 0 bridgehead atoms. The Morgan fingerprint density at radius 1 is 1.77 bits per heavy atom. The standard InChI is InChI=1S/C10H13N3/c1-8-5-7-13(12-8)10(4-6-11)9-2-3-9/h5,7,9-10H,2-4H2,1H3. The molecule has 1 aliphatic rings. The number of nitriles is 1. The van der Waals surface area contributed by atoms with Gasteiger partial charge in [0.2, 0.25) is 0 Å². The van der Waals surface area contributed by atoms with E-state index in [0.717, 1.165) is 5.69 Å². The van der Waals surface area contributed by atoms with Gasteiger partial charge in [-0.2, -0.15) is 10.4 Å². The molecule has 13 heavy (non-hydrogen) atoms. The topological polar surface area (TPSA) is 41.6 Å². The summed E-state index contributed by atoms with van der Waals surface area (Å²) in [7, 11) is 0. The number of aryl methyl sites for hydroxylation is 1. The first kappa shape index (κ1) is 8.31. The minimum atomic E-state index is 0.318. The third kappa shape index (κ3) is 1.72. The van der Waals surface area contributed by atoms with Crippen LogP contribution in [-0.2, 0) is 0 Å². The van der Waals surface area contributed by atoms with Crippen LogP contribution in [0, 0.1) is 24.2 Å². The smallest absolute Gasteiger partial charge is 0.0677 e. The Kier molecular flexibility index (Phi) is 2.05. The lowest BCUT2D eigenvalue weighted by Crippen LogP contribution is -2.11. The summed E-state index contributed by atoms with van der Waals surface area (Å²) in [6, 6.07) is 4.55. The Morgan fingerprint density at radius 3 is 3.00 bits per heavy atom. The van der Waals surface area contributed by atoms with Gasteiger partial charge in [0, 0.05) is 6.20 Å². The highest BCUT2D eigenvalue weighted by Gasteiger charge is 2.32. The Labute approximate surface area is 78.0 Å². The van der Waals surface area contributed by atoms with Crippen molar-refractivity contribution in [2.24, 2.45) is 5.92 Å².